The highest BCUT2D eigenvalue weighted by Crippen LogP contribution is 2.45. The van der Waals surface area contributed by atoms with E-state index in [2.05, 4.69) is 22.5 Å². The predicted octanol–water partition coefficient (Wildman–Crippen LogP) is 7.98. The summed E-state index contributed by atoms with van der Waals surface area (Å²) in [5, 5.41) is 5.91. The summed E-state index contributed by atoms with van der Waals surface area (Å²) in [6.07, 6.45) is 31.2. The van der Waals surface area contributed by atoms with Gasteiger partial charge in [-0.05, 0) is 31.1 Å². The van der Waals surface area contributed by atoms with Crippen molar-refractivity contribution in [3.05, 3.63) is 32.6 Å². The van der Waals surface area contributed by atoms with Gasteiger partial charge in [-0.3, -0.25) is 19.1 Å². The molecule has 1 aliphatic carbocycles. The first-order chi connectivity index (χ1) is 25.0. The lowest BCUT2D eigenvalue weighted by molar-refractivity contribution is -0.121. The molecule has 1 saturated heterocycles. The Morgan fingerprint density at radius 3 is 1.90 bits per heavy atom. The lowest BCUT2D eigenvalue weighted by Crippen LogP contribution is -2.35. The summed E-state index contributed by atoms with van der Waals surface area (Å²) in [6.45, 7) is 3.55. The van der Waals surface area contributed by atoms with E-state index < -0.39 is 17.5 Å². The molecule has 1 amide bonds. The average molecular weight is 715 g/mol. The van der Waals surface area contributed by atoms with Crippen molar-refractivity contribution < 1.29 is 19.1 Å². The number of aromatic amines is 1. The molecule has 1 aromatic rings. The number of ether oxygens (including phenoxy) is 2. The van der Waals surface area contributed by atoms with E-state index in [4.69, 9.17) is 9.47 Å². The molecule has 10 nitrogen and oxygen atoms in total. The van der Waals surface area contributed by atoms with Crippen LogP contribution in [0.25, 0.3) is 5.70 Å². The third kappa shape index (κ3) is 16.3. The van der Waals surface area contributed by atoms with Crippen LogP contribution < -0.4 is 21.9 Å². The van der Waals surface area contributed by atoms with Crippen molar-refractivity contribution >= 4 is 17.5 Å². The Labute approximate surface area is 307 Å². The molecule has 1 aliphatic heterocycles. The molecule has 1 saturated carbocycles. The molecule has 3 atom stereocenters. The monoisotopic (exact) mass is 715 g/mol. The van der Waals surface area contributed by atoms with Gasteiger partial charge in [0.25, 0.3) is 5.56 Å². The van der Waals surface area contributed by atoms with Gasteiger partial charge in [0.15, 0.2) is 5.94 Å². The number of aromatic nitrogens is 2. The number of carbonyl (C=O) groups excluding carboxylic acids is 2. The van der Waals surface area contributed by atoms with E-state index in [-0.39, 0.29) is 29.2 Å². The summed E-state index contributed by atoms with van der Waals surface area (Å²) < 4.78 is 13.0. The summed E-state index contributed by atoms with van der Waals surface area (Å²) in [6, 6.07) is 0. The van der Waals surface area contributed by atoms with Gasteiger partial charge in [-0.1, -0.05) is 142 Å². The zero-order valence-electron chi connectivity index (χ0n) is 32.1. The van der Waals surface area contributed by atoms with Crippen LogP contribution in [0.4, 0.5) is 0 Å². The lowest BCUT2D eigenvalue weighted by Gasteiger charge is -2.33. The zero-order valence-corrected chi connectivity index (χ0v) is 32.1. The number of nitrogens with one attached hydrogen (secondary N) is 3. The normalized spacial score (nSPS) is 18.7. The molecule has 0 radical (unpaired) electrons. The van der Waals surface area contributed by atoms with E-state index >= 15 is 0 Å². The Morgan fingerprint density at radius 1 is 0.843 bits per heavy atom. The van der Waals surface area contributed by atoms with E-state index in [1.54, 1.807) is 7.11 Å². The summed E-state index contributed by atoms with van der Waals surface area (Å²) in [4.78, 5) is 51.9. The van der Waals surface area contributed by atoms with Gasteiger partial charge in [0, 0.05) is 32.8 Å². The van der Waals surface area contributed by atoms with Gasteiger partial charge in [-0.15, -0.1) is 0 Å². The summed E-state index contributed by atoms with van der Waals surface area (Å²) >= 11 is 0. The minimum atomic E-state index is -0.656. The molecule has 3 unspecified atom stereocenters. The second-order valence-electron chi connectivity index (χ2n) is 15.1. The van der Waals surface area contributed by atoms with Crippen molar-refractivity contribution in [1.29, 1.82) is 0 Å². The van der Waals surface area contributed by atoms with E-state index in [1.807, 2.05) is 5.94 Å². The van der Waals surface area contributed by atoms with E-state index in [9.17, 15) is 19.2 Å². The van der Waals surface area contributed by atoms with Crippen LogP contribution in [0.3, 0.4) is 0 Å². The highest BCUT2D eigenvalue weighted by atomic mass is 16.5. The van der Waals surface area contributed by atoms with Crippen LogP contribution in [-0.4, -0.2) is 54.3 Å². The number of unbranched alkanes of at least 4 members (excludes halogenated alkanes) is 18. The van der Waals surface area contributed by atoms with Crippen LogP contribution in [0.1, 0.15) is 179 Å². The fourth-order valence-electron chi connectivity index (χ4n) is 7.66. The number of H-pyrrole nitrogens is 1. The fraction of sp³-hybridized carbons (Fsp3) is 0.829. The van der Waals surface area contributed by atoms with Crippen molar-refractivity contribution in [1.82, 2.24) is 20.2 Å². The first-order valence-electron chi connectivity index (χ1n) is 20.7. The average Bonchev–Trinajstić information content (AvgIpc) is 3.49. The maximum absolute atomic E-state index is 12.8. The molecule has 0 bridgehead atoms. The van der Waals surface area contributed by atoms with Crippen LogP contribution in [-0.2, 0) is 19.1 Å². The van der Waals surface area contributed by atoms with Crippen molar-refractivity contribution in [2.45, 2.75) is 180 Å². The van der Waals surface area contributed by atoms with Gasteiger partial charge in [-0.2, -0.15) is 0 Å². The Hall–Kier alpha value is -2.68. The molecular formula is C41H70N4O6. The molecule has 10 heteroatoms. The third-order valence-corrected chi connectivity index (χ3v) is 11.0. The van der Waals surface area contributed by atoms with Crippen molar-refractivity contribution in [3.63, 3.8) is 0 Å². The smallest absolute Gasteiger partial charge is 0.330 e. The Kier molecular flexibility index (Phi) is 21.9. The van der Waals surface area contributed by atoms with Crippen molar-refractivity contribution in [2.24, 2.45) is 11.8 Å². The molecule has 290 valence electrons. The maximum atomic E-state index is 12.8. The highest BCUT2D eigenvalue weighted by molar-refractivity contribution is 5.85. The van der Waals surface area contributed by atoms with Gasteiger partial charge in [0.1, 0.15) is 11.9 Å². The van der Waals surface area contributed by atoms with E-state index in [1.165, 1.54) is 126 Å². The van der Waals surface area contributed by atoms with Crippen LogP contribution in [0.15, 0.2) is 15.8 Å². The van der Waals surface area contributed by atoms with Gasteiger partial charge in [0.2, 0.25) is 5.91 Å². The molecule has 0 spiro atoms. The number of carbonyl (C=O) groups is 1. The molecule has 1 aromatic heterocycles. The maximum Gasteiger partial charge on any atom is 0.330 e. The predicted molar refractivity (Wildman–Crippen MR) is 205 cm³/mol. The van der Waals surface area contributed by atoms with Crippen molar-refractivity contribution in [2.75, 3.05) is 26.8 Å². The van der Waals surface area contributed by atoms with E-state index in [0.717, 1.165) is 25.7 Å². The SMILES string of the molecule is CCCCCCCCCCCCCCCCCCCCCC(=O)NCCCNC(=C=O)c1cn(C2CC(C3CCC3)C(COC)O2)c(=O)[nH]c1=O. The Morgan fingerprint density at radius 2 is 1.39 bits per heavy atom. The molecule has 2 heterocycles. The number of hydrogen-bond acceptors (Lipinski definition) is 7. The first-order valence-corrected chi connectivity index (χ1v) is 20.7. The quantitative estimate of drug-likeness (QED) is 0.0544. The summed E-state index contributed by atoms with van der Waals surface area (Å²) in [7, 11) is 1.64. The van der Waals surface area contributed by atoms with E-state index in [0.29, 0.717) is 44.9 Å². The fourth-order valence-corrected chi connectivity index (χ4v) is 7.66. The standard InChI is InChI=1S/C41H70N4O6/c1-3-4-5-6-7-8-9-10-11-12-13-14-15-16-17-18-19-20-21-26-38(47)43-28-23-27-42-36(31-46)35-30-45(41(49)44-40(35)48)39-29-34(33-24-22-25-33)37(51-39)32-50-2/h30,33-34,37,39,42H,3-29,32H2,1-2H3,(H,43,47)(H,44,48,49). The molecular weight excluding hydrogens is 644 g/mol. The first kappa shape index (κ1) is 42.7. The number of rotatable bonds is 30. The Bertz CT molecular complexity index is 1270. The summed E-state index contributed by atoms with van der Waals surface area (Å²) in [5.41, 5.74) is -1.21. The Balaban J connectivity index is 1.19. The number of nitrogens with zero attached hydrogens (tertiary/aromatic N) is 1. The number of methoxy groups -OCH3 is 1. The largest absolute Gasteiger partial charge is 0.382 e. The molecule has 2 aliphatic rings. The molecule has 0 aromatic carbocycles. The van der Waals surface area contributed by atoms with Crippen LogP contribution in [0.2, 0.25) is 0 Å². The summed E-state index contributed by atoms with van der Waals surface area (Å²) in [5.74, 6) is 2.69. The lowest BCUT2D eigenvalue weighted by atomic mass is 9.73. The highest BCUT2D eigenvalue weighted by Gasteiger charge is 2.42. The second-order valence-corrected chi connectivity index (χ2v) is 15.1. The van der Waals surface area contributed by atoms with Gasteiger partial charge < -0.3 is 20.1 Å². The van der Waals surface area contributed by atoms with Gasteiger partial charge in [0.05, 0.1) is 18.3 Å². The van der Waals surface area contributed by atoms with Crippen LogP contribution in [0.5, 0.6) is 0 Å². The van der Waals surface area contributed by atoms with Crippen molar-refractivity contribution in [3.8, 4) is 0 Å². The van der Waals surface area contributed by atoms with Crippen LogP contribution in [0, 0.1) is 11.8 Å². The topological polar surface area (TPSA) is 132 Å². The number of hydrogen-bond donors (Lipinski definition) is 3. The molecule has 3 rings (SSSR count). The molecule has 3 N–H and O–H groups in total. The minimum Gasteiger partial charge on any atom is -0.382 e. The van der Waals surface area contributed by atoms with Gasteiger partial charge in [-0.25, -0.2) is 9.59 Å². The van der Waals surface area contributed by atoms with Gasteiger partial charge >= 0.3 is 5.69 Å². The minimum absolute atomic E-state index is 0.0209. The van der Waals surface area contributed by atoms with Crippen LogP contribution >= 0.6 is 0 Å². The number of amides is 1. The third-order valence-electron chi connectivity index (χ3n) is 11.0. The molecule has 51 heavy (non-hydrogen) atoms. The zero-order chi connectivity index (χ0) is 36.5. The second kappa shape index (κ2) is 26.1. The molecule has 2 fully saturated rings.